The Labute approximate surface area is 568 Å². The molecule has 4 N–H and O–H groups in total. The fraction of sp³-hybridized carbons (Fsp3) is 0.234. The molecule has 0 saturated carbocycles. The van der Waals surface area contributed by atoms with E-state index in [1.54, 1.807) is 81.4 Å². The molecule has 9 rings (SSSR count). The molecule has 9 aromatic rings. The number of hydrogen-bond acceptors (Lipinski definition) is 12. The van der Waals surface area contributed by atoms with E-state index in [0.29, 0.717) is 64.6 Å². The monoisotopic (exact) mass is 1410 g/mol. The number of ether oxygens (including phenoxy) is 1. The molecule has 2 unspecified atom stereocenters. The van der Waals surface area contributed by atoms with E-state index in [9.17, 15) is 90.1 Å². The number of alkyl halides is 13. The molecule has 0 fully saturated rings. The maximum absolute atomic E-state index is 13.4. The molecular formula is C64H62ClF15N3NaO12. The first-order valence-electron chi connectivity index (χ1n) is 25.1. The van der Waals surface area contributed by atoms with Crippen LogP contribution in [0.2, 0.25) is 0 Å². The number of hydrogen-bond donors (Lipinski definition) is 4. The molecule has 0 saturated heterocycles. The van der Waals surface area contributed by atoms with Gasteiger partial charge in [0.25, 0.3) is 0 Å². The van der Waals surface area contributed by atoms with Crippen molar-refractivity contribution in [3.8, 4) is 40.1 Å². The van der Waals surface area contributed by atoms with Crippen LogP contribution in [0.25, 0.3) is 34.4 Å². The first-order valence-corrected chi connectivity index (χ1v) is 25.6. The van der Waals surface area contributed by atoms with Crippen molar-refractivity contribution in [1.29, 1.82) is 0 Å². The Kier molecular flexibility index (Phi) is 36.3. The molecule has 0 spiro atoms. The Morgan fingerprint density at radius 1 is 0.490 bits per heavy atom. The molecule has 3 heterocycles. The number of aliphatic carboxylic acids is 2. The normalized spacial score (nSPS) is 11.2. The van der Waals surface area contributed by atoms with Crippen molar-refractivity contribution in [3.05, 3.63) is 226 Å². The minimum absolute atomic E-state index is 0. The van der Waals surface area contributed by atoms with Crippen LogP contribution in [0.15, 0.2) is 166 Å². The molecule has 96 heavy (non-hydrogen) atoms. The first kappa shape index (κ1) is 89.1. The van der Waals surface area contributed by atoms with Gasteiger partial charge >= 0.3 is 72.2 Å². The van der Waals surface area contributed by atoms with Crippen molar-refractivity contribution < 1.29 is 154 Å². The molecule has 32 heteroatoms. The fourth-order valence-electron chi connectivity index (χ4n) is 6.80. The van der Waals surface area contributed by atoms with Crippen LogP contribution in [0.3, 0.4) is 0 Å². The molecule has 6 aromatic carbocycles. The third-order valence-electron chi connectivity index (χ3n) is 11.1. The SMILES string of the molecule is C.C.C.C.CC(=O)CCl.Cc1coc(-c2cc(C(F)(F)F)ccc2F)n1.Cc1coc(-c2cc(C(F)(F)F)ccc2F)n1.Cc1coc(-c2cc(C(F)(F)F)ccc2OC(C(=O)O)c2ccccc2)n1.O=C(O)C(O)c1ccccc1.O=C(O)c1cc(C(F)(F)F)ccc1F.[H-].[Na+]. The second-order valence-corrected chi connectivity index (χ2v) is 18.5. The summed E-state index contributed by atoms with van der Waals surface area (Å²) < 4.78 is 210. The standard InChI is InChI=1S/C19H14F3NO4.2C11H7F4NO.C8H4F4O2.C8H8O3.C3H5ClO.4CH4.Na.H/c1-11-10-26-17(23-11)14-9-13(19(20,21)22)7-8-15(14)27-16(18(24)25)12-5-3-2-4-6-12;2*1-6-5-17-10(16-6)8-4-7(11(13,14)15)2-3-9(8)12;9-6-2-1-4(8(10,11)12)3-5(6)7(13)14;9-7(8(10)11)6-4-2-1-3-5-6;1-3(5)2-4;;;;;;/h2-10,16H,1H3,(H,24,25);2*2-5H,1H3;1-3H,(H,13,14);1-5,7,9H,(H,10,11);2H2,1H3;4*1H4;;/q;;;;;;;;;;+1;-1. The summed E-state index contributed by atoms with van der Waals surface area (Å²) in [4.78, 5) is 53.5. The Balaban J connectivity index is -0.00000113. The molecule has 15 nitrogen and oxygen atoms in total. The van der Waals surface area contributed by atoms with E-state index in [1.165, 1.54) is 25.7 Å². The number of Topliss-reactive ketones (excluding diaryl/α,β-unsaturated/α-hetero) is 1. The van der Waals surface area contributed by atoms with Gasteiger partial charge in [0, 0.05) is 5.56 Å². The van der Waals surface area contributed by atoms with Crippen molar-refractivity contribution in [2.75, 3.05) is 5.88 Å². The third-order valence-corrected chi connectivity index (χ3v) is 11.5. The number of aliphatic hydroxyl groups excluding tert-OH is 1. The Bertz CT molecular complexity index is 3810. The second-order valence-electron chi connectivity index (χ2n) is 18.2. The van der Waals surface area contributed by atoms with Gasteiger partial charge in [-0.2, -0.15) is 52.7 Å². The van der Waals surface area contributed by atoms with E-state index in [-0.39, 0.29) is 119 Å². The zero-order chi connectivity index (χ0) is 68.3. The number of carboxylic acid groups (broad SMARTS) is 3. The fourth-order valence-corrected chi connectivity index (χ4v) is 6.80. The molecule has 0 aliphatic heterocycles. The Hall–Kier alpha value is -8.97. The van der Waals surface area contributed by atoms with E-state index in [1.807, 2.05) is 0 Å². The van der Waals surface area contributed by atoms with Crippen LogP contribution in [0, 0.1) is 38.2 Å². The van der Waals surface area contributed by atoms with E-state index in [4.69, 9.17) is 44.9 Å². The predicted molar refractivity (Wildman–Crippen MR) is 319 cm³/mol. The average Bonchev–Trinajstić information content (AvgIpc) is 1.80. The van der Waals surface area contributed by atoms with E-state index < -0.39 is 100 Å². The first-order chi connectivity index (χ1) is 42.3. The summed E-state index contributed by atoms with van der Waals surface area (Å²) in [5.74, 6) is -7.37. The summed E-state index contributed by atoms with van der Waals surface area (Å²) in [5, 5.41) is 35.2. The number of aryl methyl sites for hydroxylation is 3. The van der Waals surface area contributed by atoms with Crippen LogP contribution in [0.5, 0.6) is 5.75 Å². The maximum Gasteiger partial charge on any atom is 1.00 e. The molecular weight excluding hydrogens is 1350 g/mol. The van der Waals surface area contributed by atoms with Crippen LogP contribution in [-0.4, -0.2) is 64.9 Å². The van der Waals surface area contributed by atoms with Crippen molar-refractivity contribution in [3.63, 3.8) is 0 Å². The number of rotatable bonds is 11. The van der Waals surface area contributed by atoms with Crippen molar-refractivity contribution in [1.82, 2.24) is 15.0 Å². The summed E-state index contributed by atoms with van der Waals surface area (Å²) in [5.41, 5.74) is -3.50. The quantitative estimate of drug-likeness (QED) is 0.0535. The van der Waals surface area contributed by atoms with Gasteiger partial charge < -0.3 is 39.8 Å². The van der Waals surface area contributed by atoms with Crippen LogP contribution < -0.4 is 34.3 Å². The van der Waals surface area contributed by atoms with Gasteiger partial charge in [-0.3, -0.25) is 4.79 Å². The number of benzene rings is 6. The number of aromatic carboxylic acids is 1. The number of aromatic nitrogens is 3. The van der Waals surface area contributed by atoms with Gasteiger partial charge in [-0.05, 0) is 106 Å². The van der Waals surface area contributed by atoms with Crippen LogP contribution in [-0.2, 0) is 39.1 Å². The Morgan fingerprint density at radius 2 is 0.802 bits per heavy atom. The molecule has 0 aliphatic rings. The van der Waals surface area contributed by atoms with Gasteiger partial charge in [-0.1, -0.05) is 90.4 Å². The molecule has 0 amide bonds. The van der Waals surface area contributed by atoms with Gasteiger partial charge in [-0.25, -0.2) is 42.5 Å². The summed E-state index contributed by atoms with van der Waals surface area (Å²) in [6.07, 6.45) is -17.3. The van der Waals surface area contributed by atoms with Crippen molar-refractivity contribution in [2.45, 2.75) is 94.3 Å². The van der Waals surface area contributed by atoms with E-state index in [2.05, 4.69) is 15.0 Å². The van der Waals surface area contributed by atoms with Gasteiger partial charge in [0.1, 0.15) is 47.8 Å². The maximum atomic E-state index is 13.4. The second kappa shape index (κ2) is 39.2. The van der Waals surface area contributed by atoms with Crippen LogP contribution in [0.4, 0.5) is 65.9 Å². The van der Waals surface area contributed by atoms with Crippen molar-refractivity contribution >= 4 is 35.3 Å². The number of oxazole rings is 3. The number of carboxylic acids is 3. The minimum Gasteiger partial charge on any atom is -1.00 e. The molecule has 0 bridgehead atoms. The number of aliphatic hydroxyl groups is 1. The zero-order valence-corrected chi connectivity index (χ0v) is 50.5. The topological polar surface area (TPSA) is 237 Å². The number of carbonyl (C=O) groups is 4. The molecule has 0 aliphatic carbocycles. The molecule has 0 radical (unpaired) electrons. The average molecular weight is 1410 g/mol. The minimum atomic E-state index is -4.67. The zero-order valence-electron chi connectivity index (χ0n) is 48.7. The van der Waals surface area contributed by atoms with Crippen LogP contribution in [0.1, 0.15) is 111 Å². The number of nitrogens with zero attached hydrogens (tertiary/aromatic N) is 3. The molecule has 3 aromatic heterocycles. The Morgan fingerprint density at radius 3 is 1.10 bits per heavy atom. The predicted octanol–water partition coefficient (Wildman–Crippen LogP) is 16.3. The third kappa shape index (κ3) is 27.4. The molecule has 518 valence electrons. The number of halogens is 16. The van der Waals surface area contributed by atoms with Gasteiger partial charge in [0.05, 0.1) is 67.5 Å². The van der Waals surface area contributed by atoms with Gasteiger partial charge in [0.2, 0.25) is 23.8 Å². The smallest absolute Gasteiger partial charge is 1.00 e. The summed E-state index contributed by atoms with van der Waals surface area (Å²) in [6, 6.07) is 24.5. The van der Waals surface area contributed by atoms with Crippen LogP contribution >= 0.6 is 11.6 Å². The summed E-state index contributed by atoms with van der Waals surface area (Å²) in [6.45, 7) is 6.26. The summed E-state index contributed by atoms with van der Waals surface area (Å²) in [7, 11) is 0. The van der Waals surface area contributed by atoms with E-state index >= 15 is 0 Å². The number of ketones is 1. The summed E-state index contributed by atoms with van der Waals surface area (Å²) >= 11 is 4.99. The van der Waals surface area contributed by atoms with Gasteiger partial charge in [0.15, 0.2) is 6.10 Å². The largest absolute Gasteiger partial charge is 1.00 e. The molecule has 2 atom stereocenters. The number of carbonyl (C=O) groups excluding carboxylic acids is 1. The van der Waals surface area contributed by atoms with Gasteiger partial charge in [-0.15, -0.1) is 11.6 Å². The van der Waals surface area contributed by atoms with Crippen molar-refractivity contribution in [2.24, 2.45) is 0 Å². The van der Waals surface area contributed by atoms with E-state index in [0.717, 1.165) is 30.3 Å².